The van der Waals surface area contributed by atoms with E-state index in [1.54, 1.807) is 0 Å². The highest BCUT2D eigenvalue weighted by Crippen LogP contribution is 2.43. The molecule has 0 aromatic rings. The highest BCUT2D eigenvalue weighted by atomic mass is 16.7. The van der Waals surface area contributed by atoms with Crippen LogP contribution in [0.1, 0.15) is 40.0 Å². The Labute approximate surface area is 87.0 Å². The van der Waals surface area contributed by atoms with E-state index >= 15 is 0 Å². The van der Waals surface area contributed by atoms with Gasteiger partial charge in [0.25, 0.3) is 0 Å². The summed E-state index contributed by atoms with van der Waals surface area (Å²) < 4.78 is 11.4. The Balaban J connectivity index is 2.13. The summed E-state index contributed by atoms with van der Waals surface area (Å²) in [7, 11) is 0. The SMILES string of the molecule is CC(C)(C)C1CCCOC2OCCC21. The second kappa shape index (κ2) is 3.82. The molecule has 0 spiro atoms. The minimum atomic E-state index is 0.0988. The molecule has 2 rings (SSSR count). The van der Waals surface area contributed by atoms with Crippen LogP contribution in [0.3, 0.4) is 0 Å². The molecule has 2 heteroatoms. The molecule has 2 aliphatic rings. The summed E-state index contributed by atoms with van der Waals surface area (Å²) >= 11 is 0. The average molecular weight is 198 g/mol. The second-order valence-corrected chi connectivity index (χ2v) is 5.68. The molecule has 0 aromatic carbocycles. The van der Waals surface area contributed by atoms with E-state index in [9.17, 15) is 0 Å². The van der Waals surface area contributed by atoms with Gasteiger partial charge in [0.05, 0.1) is 6.61 Å². The molecule has 0 aromatic heterocycles. The number of hydrogen-bond donors (Lipinski definition) is 0. The summed E-state index contributed by atoms with van der Waals surface area (Å²) in [5, 5.41) is 0. The highest BCUT2D eigenvalue weighted by molar-refractivity contribution is 4.86. The third-order valence-electron chi connectivity index (χ3n) is 3.65. The summed E-state index contributed by atoms with van der Waals surface area (Å²) in [4.78, 5) is 0. The molecule has 2 aliphatic heterocycles. The molecule has 0 bridgehead atoms. The minimum absolute atomic E-state index is 0.0988. The van der Waals surface area contributed by atoms with Crippen molar-refractivity contribution in [1.82, 2.24) is 0 Å². The normalized spacial score (nSPS) is 39.2. The predicted molar refractivity (Wildman–Crippen MR) is 56.0 cm³/mol. The van der Waals surface area contributed by atoms with E-state index in [1.807, 2.05) is 0 Å². The van der Waals surface area contributed by atoms with Crippen molar-refractivity contribution in [3.63, 3.8) is 0 Å². The third kappa shape index (κ3) is 1.96. The van der Waals surface area contributed by atoms with Gasteiger partial charge in [0.15, 0.2) is 6.29 Å². The van der Waals surface area contributed by atoms with Gasteiger partial charge in [-0.15, -0.1) is 0 Å². The average Bonchev–Trinajstić information content (AvgIpc) is 2.42. The summed E-state index contributed by atoms with van der Waals surface area (Å²) in [6.45, 7) is 8.81. The molecule has 0 aliphatic carbocycles. The number of fused-ring (bicyclic) bond motifs is 1. The van der Waals surface area contributed by atoms with Gasteiger partial charge in [-0.25, -0.2) is 0 Å². The topological polar surface area (TPSA) is 18.5 Å². The number of rotatable bonds is 0. The lowest BCUT2D eigenvalue weighted by molar-refractivity contribution is -0.134. The molecular formula is C12H22O2. The second-order valence-electron chi connectivity index (χ2n) is 5.68. The van der Waals surface area contributed by atoms with Crippen LogP contribution in [0.2, 0.25) is 0 Å². The van der Waals surface area contributed by atoms with Crippen molar-refractivity contribution < 1.29 is 9.47 Å². The van der Waals surface area contributed by atoms with Crippen LogP contribution in [0.15, 0.2) is 0 Å². The molecule has 3 unspecified atom stereocenters. The maximum Gasteiger partial charge on any atom is 0.160 e. The highest BCUT2D eigenvalue weighted by Gasteiger charge is 2.41. The Kier molecular flexibility index (Phi) is 2.85. The first-order valence-corrected chi connectivity index (χ1v) is 5.82. The Hall–Kier alpha value is -0.0800. The maximum absolute atomic E-state index is 5.73. The molecular weight excluding hydrogens is 176 g/mol. The van der Waals surface area contributed by atoms with Crippen LogP contribution in [0.25, 0.3) is 0 Å². The van der Waals surface area contributed by atoms with Gasteiger partial charge in [0, 0.05) is 12.5 Å². The van der Waals surface area contributed by atoms with Crippen LogP contribution in [0.5, 0.6) is 0 Å². The lowest BCUT2D eigenvalue weighted by Crippen LogP contribution is -2.32. The monoisotopic (exact) mass is 198 g/mol. The van der Waals surface area contributed by atoms with E-state index < -0.39 is 0 Å². The first-order chi connectivity index (χ1) is 6.59. The van der Waals surface area contributed by atoms with Crippen molar-refractivity contribution in [2.75, 3.05) is 13.2 Å². The van der Waals surface area contributed by atoms with Gasteiger partial charge in [-0.2, -0.15) is 0 Å². The molecule has 0 N–H and O–H groups in total. The van der Waals surface area contributed by atoms with Crippen molar-refractivity contribution >= 4 is 0 Å². The molecule has 82 valence electrons. The maximum atomic E-state index is 5.73. The summed E-state index contributed by atoms with van der Waals surface area (Å²) in [5.74, 6) is 1.40. The van der Waals surface area contributed by atoms with Gasteiger partial charge in [0.1, 0.15) is 0 Å². The van der Waals surface area contributed by atoms with Gasteiger partial charge < -0.3 is 9.47 Å². The Bertz CT molecular complexity index is 195. The fourth-order valence-electron chi connectivity index (χ4n) is 2.93. The summed E-state index contributed by atoms with van der Waals surface area (Å²) in [6, 6.07) is 0. The van der Waals surface area contributed by atoms with Gasteiger partial charge in [0.2, 0.25) is 0 Å². The summed E-state index contributed by atoms with van der Waals surface area (Å²) in [6.07, 6.45) is 3.78. The first-order valence-electron chi connectivity index (χ1n) is 5.82. The molecule has 2 heterocycles. The Morgan fingerprint density at radius 1 is 1.00 bits per heavy atom. The number of hydrogen-bond acceptors (Lipinski definition) is 2. The van der Waals surface area contributed by atoms with Gasteiger partial charge >= 0.3 is 0 Å². The zero-order chi connectivity index (χ0) is 10.2. The van der Waals surface area contributed by atoms with Crippen LogP contribution in [-0.4, -0.2) is 19.5 Å². The van der Waals surface area contributed by atoms with Crippen molar-refractivity contribution in [2.45, 2.75) is 46.3 Å². The Morgan fingerprint density at radius 2 is 1.71 bits per heavy atom. The standard InChI is InChI=1S/C12H22O2/c1-12(2,3)10-5-4-7-13-11-9(10)6-8-14-11/h9-11H,4-8H2,1-3H3. The van der Waals surface area contributed by atoms with Crippen LogP contribution in [0.4, 0.5) is 0 Å². The Morgan fingerprint density at radius 3 is 2.43 bits per heavy atom. The van der Waals surface area contributed by atoms with Crippen molar-refractivity contribution in [2.24, 2.45) is 17.3 Å². The molecule has 2 fully saturated rings. The minimum Gasteiger partial charge on any atom is -0.352 e. The lowest BCUT2D eigenvalue weighted by Gasteiger charge is -2.35. The molecule has 0 saturated carbocycles. The van der Waals surface area contributed by atoms with Crippen LogP contribution in [0, 0.1) is 17.3 Å². The molecule has 3 atom stereocenters. The van der Waals surface area contributed by atoms with Gasteiger partial charge in [-0.3, -0.25) is 0 Å². The third-order valence-corrected chi connectivity index (χ3v) is 3.65. The molecule has 0 amide bonds. The van der Waals surface area contributed by atoms with E-state index in [2.05, 4.69) is 20.8 Å². The molecule has 0 radical (unpaired) electrons. The smallest absolute Gasteiger partial charge is 0.160 e. The zero-order valence-corrected chi connectivity index (χ0v) is 9.58. The van der Waals surface area contributed by atoms with Gasteiger partial charge in [-0.05, 0) is 30.6 Å². The van der Waals surface area contributed by atoms with Crippen LogP contribution < -0.4 is 0 Å². The predicted octanol–water partition coefficient (Wildman–Crippen LogP) is 2.82. The molecule has 2 saturated heterocycles. The summed E-state index contributed by atoms with van der Waals surface area (Å²) in [5.41, 5.74) is 0.393. The van der Waals surface area contributed by atoms with E-state index in [1.165, 1.54) is 19.3 Å². The zero-order valence-electron chi connectivity index (χ0n) is 9.58. The van der Waals surface area contributed by atoms with Crippen molar-refractivity contribution in [3.05, 3.63) is 0 Å². The largest absolute Gasteiger partial charge is 0.352 e. The van der Waals surface area contributed by atoms with Gasteiger partial charge in [-0.1, -0.05) is 20.8 Å². The number of ether oxygens (including phenoxy) is 2. The van der Waals surface area contributed by atoms with Crippen molar-refractivity contribution in [1.29, 1.82) is 0 Å². The van der Waals surface area contributed by atoms with E-state index in [-0.39, 0.29) is 6.29 Å². The van der Waals surface area contributed by atoms with E-state index in [0.717, 1.165) is 19.1 Å². The molecule has 14 heavy (non-hydrogen) atoms. The molecule has 2 nitrogen and oxygen atoms in total. The fraction of sp³-hybridized carbons (Fsp3) is 1.00. The lowest BCUT2D eigenvalue weighted by atomic mass is 9.70. The van der Waals surface area contributed by atoms with E-state index in [4.69, 9.17) is 9.47 Å². The van der Waals surface area contributed by atoms with Crippen molar-refractivity contribution in [3.8, 4) is 0 Å². The van der Waals surface area contributed by atoms with E-state index in [0.29, 0.717) is 11.3 Å². The van der Waals surface area contributed by atoms with Crippen LogP contribution >= 0.6 is 0 Å². The quantitative estimate of drug-likeness (QED) is 0.596. The fourth-order valence-corrected chi connectivity index (χ4v) is 2.93. The first kappa shape index (κ1) is 10.4. The van der Waals surface area contributed by atoms with Crippen LogP contribution in [-0.2, 0) is 9.47 Å².